The lowest BCUT2D eigenvalue weighted by Crippen LogP contribution is -2.55. The number of methoxy groups -OCH3 is 1. The van der Waals surface area contributed by atoms with Gasteiger partial charge in [0.05, 0.1) is 19.1 Å². The van der Waals surface area contributed by atoms with E-state index in [9.17, 15) is 23.9 Å². The van der Waals surface area contributed by atoms with Gasteiger partial charge in [-0.3, -0.25) is 9.69 Å². The second-order valence-corrected chi connectivity index (χ2v) is 10.7. The van der Waals surface area contributed by atoms with Gasteiger partial charge in [-0.1, -0.05) is 66.2 Å². The van der Waals surface area contributed by atoms with Crippen molar-refractivity contribution in [3.8, 4) is 5.75 Å². The first-order valence-corrected chi connectivity index (χ1v) is 13.6. The number of nitrogens with zero attached hydrogens (tertiary/aromatic N) is 1. The Morgan fingerprint density at radius 2 is 1.48 bits per heavy atom. The summed E-state index contributed by atoms with van der Waals surface area (Å²) in [6.07, 6.45) is 0. The molecule has 1 aliphatic heterocycles. The van der Waals surface area contributed by atoms with Crippen molar-refractivity contribution < 1.29 is 28.6 Å². The predicted octanol–water partition coefficient (Wildman–Crippen LogP) is 7.20. The molecule has 1 heterocycles. The molecule has 0 aliphatic carbocycles. The predicted molar refractivity (Wildman–Crippen MR) is 157 cm³/mol. The van der Waals surface area contributed by atoms with Gasteiger partial charge in [0.25, 0.3) is 0 Å². The van der Waals surface area contributed by atoms with Crippen LogP contribution in [-0.2, 0) is 4.79 Å². The molecule has 7 nitrogen and oxygen atoms in total. The van der Waals surface area contributed by atoms with Gasteiger partial charge in [-0.25, -0.2) is 14.0 Å². The van der Waals surface area contributed by atoms with E-state index in [1.54, 1.807) is 78.9 Å². The van der Waals surface area contributed by atoms with Crippen molar-refractivity contribution in [2.45, 2.75) is 24.4 Å². The number of anilines is 1. The van der Waals surface area contributed by atoms with Gasteiger partial charge < -0.3 is 15.2 Å². The van der Waals surface area contributed by atoms with E-state index in [1.165, 1.54) is 43.2 Å². The lowest BCUT2D eigenvalue weighted by Gasteiger charge is -2.37. The fourth-order valence-electron chi connectivity index (χ4n) is 5.87. The second-order valence-electron chi connectivity index (χ2n) is 10.3. The number of ether oxygens (including phenoxy) is 1. The van der Waals surface area contributed by atoms with Crippen LogP contribution in [0, 0.1) is 11.7 Å². The van der Waals surface area contributed by atoms with E-state index in [4.69, 9.17) is 16.3 Å². The van der Waals surface area contributed by atoms with E-state index in [0.29, 0.717) is 27.5 Å². The Morgan fingerprint density at radius 3 is 2.05 bits per heavy atom. The standard InChI is InChI=1S/C33H28ClFN2O5/c1-33(31(39)40)28(20-8-12-23(34)13-9-20)27(30(38)22-6-4-3-5-7-22)29(21-10-18-26(42-2)19-11-21)37(33)32(41)36-25-16-14-24(35)15-17-25/h3-19,27-29H,1-2H3,(H,36,41)(H,39,40). The molecule has 0 saturated carbocycles. The zero-order valence-electron chi connectivity index (χ0n) is 22.8. The molecule has 1 saturated heterocycles. The summed E-state index contributed by atoms with van der Waals surface area (Å²) in [5.41, 5.74) is -0.174. The minimum atomic E-state index is -1.91. The lowest BCUT2D eigenvalue weighted by atomic mass is 9.71. The molecule has 9 heteroatoms. The van der Waals surface area contributed by atoms with Crippen LogP contribution in [0.25, 0.3) is 0 Å². The molecule has 4 atom stereocenters. The third-order valence-corrected chi connectivity index (χ3v) is 8.13. The third-order valence-electron chi connectivity index (χ3n) is 7.88. The van der Waals surface area contributed by atoms with Gasteiger partial charge >= 0.3 is 12.0 Å². The molecule has 1 fully saturated rings. The normalized spacial score (nSPS) is 21.5. The molecule has 0 spiro atoms. The van der Waals surface area contributed by atoms with Gasteiger partial charge in [-0.2, -0.15) is 0 Å². The van der Waals surface area contributed by atoms with E-state index < -0.39 is 41.2 Å². The quantitative estimate of drug-likeness (QED) is 0.223. The van der Waals surface area contributed by atoms with Crippen molar-refractivity contribution in [2.75, 3.05) is 12.4 Å². The molecule has 42 heavy (non-hydrogen) atoms. The van der Waals surface area contributed by atoms with Crippen LogP contribution >= 0.6 is 11.6 Å². The highest BCUT2D eigenvalue weighted by atomic mass is 35.5. The maximum absolute atomic E-state index is 14.4. The maximum atomic E-state index is 14.4. The van der Waals surface area contributed by atoms with E-state index in [-0.39, 0.29) is 11.5 Å². The van der Waals surface area contributed by atoms with Crippen LogP contribution in [-0.4, -0.2) is 40.4 Å². The molecule has 2 amide bonds. The first-order valence-electron chi connectivity index (χ1n) is 13.2. The summed E-state index contributed by atoms with van der Waals surface area (Å²) >= 11 is 6.18. The monoisotopic (exact) mass is 586 g/mol. The number of amides is 2. The van der Waals surface area contributed by atoms with Crippen LogP contribution in [0.4, 0.5) is 14.9 Å². The Bertz CT molecular complexity index is 1600. The zero-order chi connectivity index (χ0) is 30.0. The Labute approximate surface area is 247 Å². The number of aliphatic carboxylic acids is 1. The van der Waals surface area contributed by atoms with E-state index in [2.05, 4.69) is 5.32 Å². The molecule has 4 aromatic rings. The maximum Gasteiger partial charge on any atom is 0.330 e. The zero-order valence-corrected chi connectivity index (χ0v) is 23.6. The number of carboxylic acid groups (broad SMARTS) is 1. The summed E-state index contributed by atoms with van der Waals surface area (Å²) < 4.78 is 18.9. The lowest BCUT2D eigenvalue weighted by molar-refractivity contribution is -0.148. The van der Waals surface area contributed by atoms with Gasteiger partial charge in [-0.05, 0) is 66.6 Å². The molecule has 2 N–H and O–H groups in total. The third kappa shape index (κ3) is 5.21. The van der Waals surface area contributed by atoms with E-state index >= 15 is 0 Å². The molecule has 0 aromatic heterocycles. The molecular formula is C33H28ClFN2O5. The van der Waals surface area contributed by atoms with Crippen molar-refractivity contribution in [1.29, 1.82) is 0 Å². The number of halogens is 2. The Morgan fingerprint density at radius 1 is 0.881 bits per heavy atom. The smallest absolute Gasteiger partial charge is 0.330 e. The summed E-state index contributed by atoms with van der Waals surface area (Å²) in [7, 11) is 1.52. The van der Waals surface area contributed by atoms with Crippen molar-refractivity contribution >= 4 is 35.1 Å². The number of benzene rings is 4. The Balaban J connectivity index is 1.76. The van der Waals surface area contributed by atoms with Crippen LogP contribution in [0.3, 0.4) is 0 Å². The fourth-order valence-corrected chi connectivity index (χ4v) is 6.00. The van der Waals surface area contributed by atoms with Crippen molar-refractivity contribution in [3.63, 3.8) is 0 Å². The highest BCUT2D eigenvalue weighted by Gasteiger charge is 2.65. The number of likely N-dealkylation sites (tertiary alicyclic amines) is 1. The summed E-state index contributed by atoms with van der Waals surface area (Å²) in [5.74, 6) is -3.54. The molecular weight excluding hydrogens is 559 g/mol. The first-order chi connectivity index (χ1) is 20.1. The number of ketones is 1. The summed E-state index contributed by atoms with van der Waals surface area (Å²) in [6, 6.07) is 25.5. The number of hydrogen-bond donors (Lipinski definition) is 2. The first kappa shape index (κ1) is 28.8. The minimum absolute atomic E-state index is 0.267. The largest absolute Gasteiger partial charge is 0.497 e. The van der Waals surface area contributed by atoms with Gasteiger partial charge in [-0.15, -0.1) is 0 Å². The number of nitrogens with one attached hydrogen (secondary N) is 1. The Kier molecular flexibility index (Phi) is 8.00. The SMILES string of the molecule is COc1ccc(C2C(C(=O)c3ccccc3)C(c3ccc(Cl)cc3)C(C)(C(=O)O)N2C(=O)Nc2ccc(F)cc2)cc1. The van der Waals surface area contributed by atoms with Crippen LogP contribution in [0.5, 0.6) is 5.75 Å². The van der Waals surface area contributed by atoms with Crippen LogP contribution in [0.1, 0.15) is 40.4 Å². The summed E-state index contributed by atoms with van der Waals surface area (Å²) in [5, 5.41) is 14.0. The summed E-state index contributed by atoms with van der Waals surface area (Å²) in [4.78, 5) is 43.2. The molecule has 1 aliphatic rings. The Hall–Kier alpha value is -4.69. The topological polar surface area (TPSA) is 95.9 Å². The van der Waals surface area contributed by atoms with Gasteiger partial charge in [0.1, 0.15) is 17.1 Å². The molecule has 4 aromatic carbocycles. The number of hydrogen-bond acceptors (Lipinski definition) is 4. The average Bonchev–Trinajstić information content (AvgIpc) is 3.29. The minimum Gasteiger partial charge on any atom is -0.497 e. The van der Waals surface area contributed by atoms with E-state index in [1.807, 2.05) is 0 Å². The highest BCUT2D eigenvalue weighted by molar-refractivity contribution is 6.30. The van der Waals surface area contributed by atoms with Crippen LogP contribution in [0.2, 0.25) is 5.02 Å². The number of carbonyl (C=O) groups excluding carboxylic acids is 2. The van der Waals surface area contributed by atoms with Crippen molar-refractivity contribution in [2.24, 2.45) is 5.92 Å². The fraction of sp³-hybridized carbons (Fsp3) is 0.182. The summed E-state index contributed by atoms with van der Waals surface area (Å²) in [6.45, 7) is 1.45. The number of urea groups is 1. The van der Waals surface area contributed by atoms with Crippen LogP contribution < -0.4 is 10.1 Å². The van der Waals surface area contributed by atoms with E-state index in [0.717, 1.165) is 0 Å². The van der Waals surface area contributed by atoms with Gasteiger partial charge in [0.2, 0.25) is 0 Å². The number of carbonyl (C=O) groups is 3. The van der Waals surface area contributed by atoms with Gasteiger partial charge in [0, 0.05) is 22.2 Å². The highest BCUT2D eigenvalue weighted by Crippen LogP contribution is 2.56. The van der Waals surface area contributed by atoms with Crippen molar-refractivity contribution in [3.05, 3.63) is 131 Å². The molecule has 214 valence electrons. The molecule has 4 unspecified atom stereocenters. The van der Waals surface area contributed by atoms with Crippen LogP contribution in [0.15, 0.2) is 103 Å². The van der Waals surface area contributed by atoms with Gasteiger partial charge in [0.15, 0.2) is 5.78 Å². The molecule has 0 radical (unpaired) electrons. The second kappa shape index (κ2) is 11.7. The molecule has 0 bridgehead atoms. The number of Topliss-reactive ketones (excluding diaryl/α,β-unsaturated/α-hetero) is 1. The molecule has 5 rings (SSSR count). The van der Waals surface area contributed by atoms with Crippen molar-refractivity contribution in [1.82, 2.24) is 4.90 Å². The number of rotatable bonds is 7. The number of carboxylic acids is 1. The average molecular weight is 587 g/mol.